The minimum absolute atomic E-state index is 0.0247. The van der Waals surface area contributed by atoms with E-state index in [1.54, 1.807) is 6.07 Å². The molecule has 4 heterocycles. The molecule has 4 amide bonds. The number of fused-ring (bicyclic) bond motifs is 2. The molecule has 17 heteroatoms. The fourth-order valence-electron chi connectivity index (χ4n) is 5.99. The summed E-state index contributed by atoms with van der Waals surface area (Å²) in [4.78, 5) is 44.3. The number of hydrogen-bond donors (Lipinski definition) is 4. The van der Waals surface area contributed by atoms with Crippen molar-refractivity contribution in [3.05, 3.63) is 52.7 Å². The Kier molecular flexibility index (Phi) is 7.91. The molecule has 13 nitrogen and oxygen atoms in total. The van der Waals surface area contributed by atoms with Crippen LogP contribution in [0.2, 0.25) is 5.02 Å². The Balaban J connectivity index is 1.05. The SMILES string of the molecule is Cn1c(-c2cn(CC#N)nc2C(F)(F)F)cnc1C(=O)Nc1ccc(C(=O)N[C@H]2C[C@@H](NC(=O)N3CC4CC3CN4)C2)c(Cl)c1. The molecule has 2 aliphatic heterocycles. The zero-order chi connectivity index (χ0) is 32.0. The van der Waals surface area contributed by atoms with Crippen molar-refractivity contribution < 1.29 is 27.6 Å². The van der Waals surface area contributed by atoms with E-state index < -0.39 is 23.7 Å². The van der Waals surface area contributed by atoms with E-state index in [1.165, 1.54) is 29.8 Å². The maximum atomic E-state index is 13.6. The minimum atomic E-state index is -4.80. The number of nitrogens with zero attached hydrogens (tertiary/aromatic N) is 6. The molecule has 1 aromatic carbocycles. The highest BCUT2D eigenvalue weighted by molar-refractivity contribution is 6.34. The topological polar surface area (TPSA) is 162 Å². The van der Waals surface area contributed by atoms with E-state index >= 15 is 0 Å². The van der Waals surface area contributed by atoms with Crippen LogP contribution in [0.25, 0.3) is 11.3 Å². The largest absolute Gasteiger partial charge is 0.435 e. The zero-order valence-electron chi connectivity index (χ0n) is 23.9. The molecule has 2 unspecified atom stereocenters. The van der Waals surface area contributed by atoms with E-state index in [0.29, 0.717) is 25.4 Å². The molecule has 236 valence electrons. The Labute approximate surface area is 259 Å². The number of nitrogens with one attached hydrogen (secondary N) is 4. The van der Waals surface area contributed by atoms with Crippen molar-refractivity contribution in [2.45, 2.75) is 56.2 Å². The second-order valence-corrected chi connectivity index (χ2v) is 11.8. The van der Waals surface area contributed by atoms with Crippen LogP contribution in [0.5, 0.6) is 0 Å². The molecule has 3 fully saturated rings. The first kappa shape index (κ1) is 30.4. The number of halogens is 4. The van der Waals surface area contributed by atoms with Gasteiger partial charge in [-0.05, 0) is 37.5 Å². The van der Waals surface area contributed by atoms with Gasteiger partial charge in [0.05, 0.1) is 34.1 Å². The van der Waals surface area contributed by atoms with Gasteiger partial charge in [-0.15, -0.1) is 0 Å². The summed E-state index contributed by atoms with van der Waals surface area (Å²) < 4.78 is 42.9. The van der Waals surface area contributed by atoms with Crippen molar-refractivity contribution in [3.63, 3.8) is 0 Å². The van der Waals surface area contributed by atoms with Gasteiger partial charge < -0.3 is 30.7 Å². The van der Waals surface area contributed by atoms with Gasteiger partial charge in [-0.2, -0.15) is 23.5 Å². The highest BCUT2D eigenvalue weighted by Crippen LogP contribution is 2.36. The summed E-state index contributed by atoms with van der Waals surface area (Å²) in [6.45, 7) is 1.14. The van der Waals surface area contributed by atoms with E-state index in [9.17, 15) is 27.6 Å². The van der Waals surface area contributed by atoms with Crippen molar-refractivity contribution in [1.29, 1.82) is 5.26 Å². The fraction of sp³-hybridized carbons (Fsp3) is 0.429. The Bertz CT molecular complexity index is 1710. The van der Waals surface area contributed by atoms with Crippen LogP contribution in [-0.4, -0.2) is 79.3 Å². The molecule has 45 heavy (non-hydrogen) atoms. The smallest absolute Gasteiger partial charge is 0.349 e. The lowest BCUT2D eigenvalue weighted by Gasteiger charge is -2.38. The van der Waals surface area contributed by atoms with Gasteiger partial charge in [-0.3, -0.25) is 14.3 Å². The molecular formula is C28H28ClF3N10O3. The number of anilines is 1. The Morgan fingerprint density at radius 1 is 1.16 bits per heavy atom. The van der Waals surface area contributed by atoms with Crippen LogP contribution in [0.4, 0.5) is 23.7 Å². The van der Waals surface area contributed by atoms with Crippen LogP contribution >= 0.6 is 11.6 Å². The van der Waals surface area contributed by atoms with Gasteiger partial charge >= 0.3 is 12.2 Å². The maximum absolute atomic E-state index is 13.6. The van der Waals surface area contributed by atoms with Crippen LogP contribution in [-0.2, 0) is 19.8 Å². The van der Waals surface area contributed by atoms with Gasteiger partial charge in [0.15, 0.2) is 11.5 Å². The number of carbonyl (C=O) groups excluding carboxylic acids is 3. The van der Waals surface area contributed by atoms with Crippen LogP contribution < -0.4 is 21.3 Å². The molecule has 0 spiro atoms. The van der Waals surface area contributed by atoms with Crippen molar-refractivity contribution in [2.75, 3.05) is 18.4 Å². The molecule has 3 aromatic rings. The summed E-state index contributed by atoms with van der Waals surface area (Å²) in [6.07, 6.45) is -0.438. The summed E-state index contributed by atoms with van der Waals surface area (Å²) >= 11 is 6.36. The van der Waals surface area contributed by atoms with E-state index in [2.05, 4.69) is 31.3 Å². The number of hydrogen-bond acceptors (Lipinski definition) is 7. The second-order valence-electron chi connectivity index (χ2n) is 11.4. The number of likely N-dealkylation sites (tertiary alicyclic amines) is 1. The first-order valence-corrected chi connectivity index (χ1v) is 14.5. The maximum Gasteiger partial charge on any atom is 0.435 e. The number of alkyl halides is 3. The Morgan fingerprint density at radius 2 is 1.91 bits per heavy atom. The van der Waals surface area contributed by atoms with Crippen LogP contribution in [0.15, 0.2) is 30.6 Å². The summed E-state index contributed by atoms with van der Waals surface area (Å²) in [6, 6.07) is 6.42. The van der Waals surface area contributed by atoms with Crippen molar-refractivity contribution >= 4 is 35.1 Å². The molecule has 3 aliphatic rings. The van der Waals surface area contributed by atoms with E-state index in [1.807, 2.05) is 4.90 Å². The summed E-state index contributed by atoms with van der Waals surface area (Å²) in [5.74, 6) is -1.32. The lowest BCUT2D eigenvalue weighted by molar-refractivity contribution is -0.141. The number of aromatic nitrogens is 4. The number of rotatable bonds is 7. The monoisotopic (exact) mass is 644 g/mol. The van der Waals surface area contributed by atoms with E-state index in [-0.39, 0.29) is 64.1 Å². The molecule has 2 saturated heterocycles. The summed E-state index contributed by atoms with van der Waals surface area (Å²) in [5, 5.41) is 24.3. The van der Waals surface area contributed by atoms with E-state index in [4.69, 9.17) is 16.9 Å². The third-order valence-corrected chi connectivity index (χ3v) is 8.63. The first-order chi connectivity index (χ1) is 21.4. The molecule has 4 N–H and O–H groups in total. The quantitative estimate of drug-likeness (QED) is 0.307. The van der Waals surface area contributed by atoms with Crippen LogP contribution in [0, 0.1) is 11.3 Å². The summed E-state index contributed by atoms with van der Waals surface area (Å²) in [5.41, 5.74) is -1.14. The van der Waals surface area contributed by atoms with Gasteiger partial charge in [-0.25, -0.2) is 9.78 Å². The number of benzene rings is 1. The van der Waals surface area contributed by atoms with E-state index in [0.717, 1.165) is 30.0 Å². The fourth-order valence-corrected chi connectivity index (χ4v) is 6.26. The molecule has 1 aliphatic carbocycles. The normalized spacial score (nSPS) is 22.1. The Morgan fingerprint density at radius 3 is 2.56 bits per heavy atom. The number of carbonyl (C=O) groups is 3. The number of nitriles is 1. The first-order valence-electron chi connectivity index (χ1n) is 14.2. The van der Waals surface area contributed by atoms with Crippen molar-refractivity contribution in [1.82, 2.24) is 40.2 Å². The number of urea groups is 1. The van der Waals surface area contributed by atoms with Gasteiger partial charge in [0, 0.05) is 56.2 Å². The third-order valence-electron chi connectivity index (χ3n) is 8.32. The minimum Gasteiger partial charge on any atom is -0.349 e. The standard InChI is InChI=1S/C28H28ClF3N10O3/c1-40-22(20-13-41(5-4-33)39-23(20)28(30,31)32)11-35-24(40)26(44)36-14-2-3-19(21(29)9-14)25(43)37-15-6-16(7-15)38-27(45)42-12-17-8-18(42)10-34-17/h2-3,9,11,13,15-18,34H,5-8,10,12H2,1H3,(H,36,44)(H,37,43)(H,38,45)/t15-,16+,17?,18?. The number of imidazole rings is 1. The van der Waals surface area contributed by atoms with Gasteiger partial charge in [0.25, 0.3) is 11.8 Å². The van der Waals surface area contributed by atoms with Gasteiger partial charge in [0.2, 0.25) is 0 Å². The lowest BCUT2D eigenvalue weighted by atomic mass is 9.86. The van der Waals surface area contributed by atoms with Crippen molar-refractivity contribution in [3.8, 4) is 17.3 Å². The average molecular weight is 645 g/mol. The highest BCUT2D eigenvalue weighted by atomic mass is 35.5. The molecular weight excluding hydrogens is 617 g/mol. The molecule has 1 saturated carbocycles. The predicted molar refractivity (Wildman–Crippen MR) is 154 cm³/mol. The van der Waals surface area contributed by atoms with Crippen LogP contribution in [0.1, 0.15) is 45.9 Å². The molecule has 2 atom stereocenters. The third kappa shape index (κ3) is 6.05. The second kappa shape index (κ2) is 11.7. The molecule has 6 rings (SSSR count). The predicted octanol–water partition coefficient (Wildman–Crippen LogP) is 2.75. The molecule has 2 bridgehead atoms. The van der Waals surface area contributed by atoms with Crippen LogP contribution in [0.3, 0.4) is 0 Å². The van der Waals surface area contributed by atoms with Gasteiger partial charge in [-0.1, -0.05) is 11.6 Å². The number of amides is 4. The number of piperazine rings is 1. The van der Waals surface area contributed by atoms with Crippen molar-refractivity contribution in [2.24, 2.45) is 7.05 Å². The molecule has 2 aromatic heterocycles. The Hall–Kier alpha value is -4.62. The average Bonchev–Trinajstić information content (AvgIpc) is 3.75. The highest BCUT2D eigenvalue weighted by Gasteiger charge is 2.42. The zero-order valence-corrected chi connectivity index (χ0v) is 24.6. The lowest BCUT2D eigenvalue weighted by Crippen LogP contribution is -2.58. The summed E-state index contributed by atoms with van der Waals surface area (Å²) in [7, 11) is 1.38. The molecule has 0 radical (unpaired) electrons. The van der Waals surface area contributed by atoms with Gasteiger partial charge in [0.1, 0.15) is 6.54 Å².